The summed E-state index contributed by atoms with van der Waals surface area (Å²) in [6.07, 6.45) is 5.18. The van der Waals surface area contributed by atoms with E-state index in [4.69, 9.17) is 0 Å². The van der Waals surface area contributed by atoms with E-state index in [0.29, 0.717) is 0 Å². The first-order valence-corrected chi connectivity index (χ1v) is 6.55. The molecule has 1 N–H and O–H groups in total. The molecule has 0 amide bonds. The van der Waals surface area contributed by atoms with Crippen molar-refractivity contribution in [3.63, 3.8) is 0 Å². The fraction of sp³-hybridized carbons (Fsp3) is 0.400. The zero-order valence-corrected chi connectivity index (χ0v) is 11.2. The Kier molecular flexibility index (Phi) is 4.53. The highest BCUT2D eigenvalue weighted by molar-refractivity contribution is 5.21. The van der Waals surface area contributed by atoms with E-state index in [0.717, 1.165) is 31.7 Å². The minimum atomic E-state index is 0.856. The third-order valence-corrected chi connectivity index (χ3v) is 2.91. The van der Waals surface area contributed by atoms with Gasteiger partial charge in [0.2, 0.25) is 0 Å². The average Bonchev–Trinajstić information content (AvgIpc) is 2.80. The van der Waals surface area contributed by atoms with Crippen LogP contribution in [0.15, 0.2) is 36.8 Å². The number of benzene rings is 1. The zero-order valence-electron chi connectivity index (χ0n) is 11.2. The maximum atomic E-state index is 4.40. The number of aryl methyl sites for hydroxylation is 1. The lowest BCUT2D eigenvalue weighted by molar-refractivity contribution is 0.665. The van der Waals surface area contributed by atoms with E-state index in [2.05, 4.69) is 59.2 Å². The van der Waals surface area contributed by atoms with Gasteiger partial charge in [0.25, 0.3) is 0 Å². The van der Waals surface area contributed by atoms with Gasteiger partial charge in [-0.25, -0.2) is 4.98 Å². The molecular formula is C15H21N3. The summed E-state index contributed by atoms with van der Waals surface area (Å²) >= 11 is 0. The van der Waals surface area contributed by atoms with Crippen molar-refractivity contribution in [2.45, 2.75) is 33.4 Å². The van der Waals surface area contributed by atoms with Gasteiger partial charge in [-0.2, -0.15) is 0 Å². The second-order valence-electron chi connectivity index (χ2n) is 4.70. The molecule has 2 rings (SSSR count). The molecule has 0 aliphatic rings. The van der Waals surface area contributed by atoms with E-state index in [1.54, 1.807) is 0 Å². The van der Waals surface area contributed by atoms with Crippen LogP contribution in [-0.4, -0.2) is 16.1 Å². The fourth-order valence-corrected chi connectivity index (χ4v) is 1.88. The van der Waals surface area contributed by atoms with Crippen molar-refractivity contribution in [3.05, 3.63) is 53.6 Å². The van der Waals surface area contributed by atoms with Gasteiger partial charge in [0.1, 0.15) is 0 Å². The molecule has 0 spiro atoms. The molecule has 3 heteroatoms. The molecule has 0 aliphatic heterocycles. The Balaban J connectivity index is 1.91. The van der Waals surface area contributed by atoms with E-state index in [1.165, 1.54) is 11.1 Å². The Morgan fingerprint density at radius 1 is 1.22 bits per heavy atom. The molecule has 1 aromatic heterocycles. The summed E-state index contributed by atoms with van der Waals surface area (Å²) in [7, 11) is 0. The molecule has 0 saturated heterocycles. The average molecular weight is 243 g/mol. The first-order valence-electron chi connectivity index (χ1n) is 6.55. The van der Waals surface area contributed by atoms with Crippen LogP contribution in [0.5, 0.6) is 0 Å². The minimum absolute atomic E-state index is 0.856. The van der Waals surface area contributed by atoms with Crippen LogP contribution in [0.25, 0.3) is 0 Å². The van der Waals surface area contributed by atoms with E-state index in [1.807, 2.05) is 6.33 Å². The zero-order chi connectivity index (χ0) is 12.8. The third kappa shape index (κ3) is 3.70. The number of hydrogen-bond donors (Lipinski definition) is 1. The van der Waals surface area contributed by atoms with Crippen molar-refractivity contribution < 1.29 is 0 Å². The van der Waals surface area contributed by atoms with Gasteiger partial charge in [0, 0.05) is 19.3 Å². The van der Waals surface area contributed by atoms with Crippen LogP contribution in [0.1, 0.15) is 30.2 Å². The van der Waals surface area contributed by atoms with Gasteiger partial charge in [0.05, 0.1) is 12.0 Å². The number of nitrogens with zero attached hydrogens (tertiary/aromatic N) is 2. The second kappa shape index (κ2) is 6.36. The van der Waals surface area contributed by atoms with Crippen LogP contribution in [0.2, 0.25) is 0 Å². The highest BCUT2D eigenvalue weighted by atomic mass is 15.0. The smallest absolute Gasteiger partial charge is 0.0953 e. The van der Waals surface area contributed by atoms with E-state index in [-0.39, 0.29) is 0 Å². The number of aromatic nitrogens is 2. The van der Waals surface area contributed by atoms with Gasteiger partial charge < -0.3 is 9.88 Å². The maximum Gasteiger partial charge on any atom is 0.0953 e. The summed E-state index contributed by atoms with van der Waals surface area (Å²) in [4.78, 5) is 4.40. The Bertz CT molecular complexity index is 471. The van der Waals surface area contributed by atoms with Crippen LogP contribution in [0.4, 0.5) is 0 Å². The molecule has 0 bridgehead atoms. The summed E-state index contributed by atoms with van der Waals surface area (Å²) < 4.78 is 2.13. The molecule has 3 nitrogen and oxygen atoms in total. The Hall–Kier alpha value is -1.61. The Morgan fingerprint density at radius 3 is 2.72 bits per heavy atom. The van der Waals surface area contributed by atoms with Gasteiger partial charge in [-0.15, -0.1) is 0 Å². The van der Waals surface area contributed by atoms with Gasteiger partial charge in [-0.05, 0) is 25.5 Å². The lowest BCUT2D eigenvalue weighted by Crippen LogP contribution is -2.13. The summed E-state index contributed by atoms with van der Waals surface area (Å²) in [5.74, 6) is 0. The molecule has 0 fully saturated rings. The number of hydrogen-bond acceptors (Lipinski definition) is 2. The number of imidazole rings is 1. The molecule has 0 unspecified atom stereocenters. The van der Waals surface area contributed by atoms with Crippen molar-refractivity contribution in [2.75, 3.05) is 6.54 Å². The molecule has 1 heterocycles. The van der Waals surface area contributed by atoms with Crippen molar-refractivity contribution in [3.8, 4) is 0 Å². The third-order valence-electron chi connectivity index (χ3n) is 2.91. The number of nitrogens with one attached hydrogen (secondary N) is 1. The minimum Gasteiger partial charge on any atom is -0.333 e. The molecule has 18 heavy (non-hydrogen) atoms. The van der Waals surface area contributed by atoms with Gasteiger partial charge in [-0.3, -0.25) is 0 Å². The molecule has 1 aromatic carbocycles. The molecule has 2 aromatic rings. The predicted octanol–water partition coefficient (Wildman–Crippen LogP) is 2.74. The summed E-state index contributed by atoms with van der Waals surface area (Å²) in [5, 5.41) is 3.36. The van der Waals surface area contributed by atoms with E-state index < -0.39 is 0 Å². The molecule has 96 valence electrons. The van der Waals surface area contributed by atoms with Crippen LogP contribution >= 0.6 is 0 Å². The summed E-state index contributed by atoms with van der Waals surface area (Å²) in [5.41, 5.74) is 3.72. The van der Waals surface area contributed by atoms with Crippen molar-refractivity contribution in [1.82, 2.24) is 14.9 Å². The van der Waals surface area contributed by atoms with Crippen molar-refractivity contribution in [2.24, 2.45) is 0 Å². The van der Waals surface area contributed by atoms with Gasteiger partial charge >= 0.3 is 0 Å². The first-order chi connectivity index (χ1) is 8.78. The van der Waals surface area contributed by atoms with Gasteiger partial charge in [-0.1, -0.05) is 36.8 Å². The normalized spacial score (nSPS) is 10.8. The van der Waals surface area contributed by atoms with Crippen LogP contribution in [0.3, 0.4) is 0 Å². The molecule has 0 saturated carbocycles. The standard InChI is InChI=1S/C15H21N3/c1-3-8-16-9-15-11-18(12-17-15)10-14-6-4-13(2)5-7-14/h4-7,11-12,16H,3,8-10H2,1-2H3. The highest BCUT2D eigenvalue weighted by Gasteiger charge is 1.99. The molecule has 0 radical (unpaired) electrons. The van der Waals surface area contributed by atoms with Crippen LogP contribution < -0.4 is 5.32 Å². The Morgan fingerprint density at radius 2 is 2.00 bits per heavy atom. The Labute approximate surface area is 109 Å². The second-order valence-corrected chi connectivity index (χ2v) is 4.70. The summed E-state index contributed by atoms with van der Waals surface area (Å²) in [6.45, 7) is 7.07. The van der Waals surface area contributed by atoms with Crippen LogP contribution in [-0.2, 0) is 13.1 Å². The van der Waals surface area contributed by atoms with Crippen molar-refractivity contribution >= 4 is 0 Å². The van der Waals surface area contributed by atoms with Crippen LogP contribution in [0, 0.1) is 6.92 Å². The summed E-state index contributed by atoms with van der Waals surface area (Å²) in [6, 6.07) is 8.64. The van der Waals surface area contributed by atoms with Crippen molar-refractivity contribution in [1.29, 1.82) is 0 Å². The predicted molar refractivity (Wildman–Crippen MR) is 74.5 cm³/mol. The monoisotopic (exact) mass is 243 g/mol. The lowest BCUT2D eigenvalue weighted by Gasteiger charge is -2.03. The number of rotatable bonds is 6. The largest absolute Gasteiger partial charge is 0.333 e. The molecule has 0 aliphatic carbocycles. The van der Waals surface area contributed by atoms with E-state index >= 15 is 0 Å². The van der Waals surface area contributed by atoms with Gasteiger partial charge in [0.15, 0.2) is 0 Å². The molecular weight excluding hydrogens is 222 g/mol. The molecule has 0 atom stereocenters. The maximum absolute atomic E-state index is 4.40. The SMILES string of the molecule is CCCNCc1cn(Cc2ccc(C)cc2)cn1. The topological polar surface area (TPSA) is 29.9 Å². The lowest BCUT2D eigenvalue weighted by atomic mass is 10.1. The quantitative estimate of drug-likeness (QED) is 0.791. The first kappa shape index (κ1) is 12.8. The highest BCUT2D eigenvalue weighted by Crippen LogP contribution is 2.06. The fourth-order valence-electron chi connectivity index (χ4n) is 1.88. The van der Waals surface area contributed by atoms with E-state index in [9.17, 15) is 0 Å².